The molecule has 0 saturated carbocycles. The van der Waals surface area contributed by atoms with Gasteiger partial charge in [0, 0.05) is 19.5 Å². The second kappa shape index (κ2) is 5.71. The van der Waals surface area contributed by atoms with Gasteiger partial charge in [-0.2, -0.15) is 0 Å². The largest absolute Gasteiger partial charge is 0.383 e. The van der Waals surface area contributed by atoms with Crippen molar-refractivity contribution in [3.05, 3.63) is 24.3 Å². The number of amides is 1. The molecule has 1 aromatic rings. The number of nitrogens with one attached hydrogen (secondary N) is 1. The summed E-state index contributed by atoms with van der Waals surface area (Å²) < 4.78 is 0. The maximum Gasteiger partial charge on any atom is 0.228 e. The van der Waals surface area contributed by atoms with Crippen molar-refractivity contribution in [2.75, 3.05) is 23.3 Å². The average Bonchev–Trinajstić information content (AvgIpc) is 2.50. The van der Waals surface area contributed by atoms with Gasteiger partial charge in [-0.05, 0) is 18.6 Å². The normalized spacial score (nSPS) is 15.1. The number of carbonyl (C=O) groups is 1. The molecule has 1 heterocycles. The number of hydrogen-bond donors (Lipinski definition) is 1. The minimum atomic E-state index is 0.235. The molecule has 0 unspecified atom stereocenters. The Balaban J connectivity index is 2.18. The lowest BCUT2D eigenvalue weighted by atomic mass is 10.2. The van der Waals surface area contributed by atoms with E-state index in [-0.39, 0.29) is 5.91 Å². The first-order valence-electron chi connectivity index (χ1n) is 6.46. The summed E-state index contributed by atoms with van der Waals surface area (Å²) in [7, 11) is 0. The van der Waals surface area contributed by atoms with Gasteiger partial charge in [0.2, 0.25) is 5.91 Å². The van der Waals surface area contributed by atoms with Gasteiger partial charge in [0.1, 0.15) is 0 Å². The highest BCUT2D eigenvalue weighted by Gasteiger charge is 2.20. The number of unbranched alkanes of at least 4 members (excludes halogenated alkanes) is 2. The molecule has 0 saturated heterocycles. The predicted molar refractivity (Wildman–Crippen MR) is 71.4 cm³/mol. The van der Waals surface area contributed by atoms with Crippen molar-refractivity contribution in [2.24, 2.45) is 0 Å². The Labute approximate surface area is 103 Å². The van der Waals surface area contributed by atoms with Gasteiger partial charge in [-0.15, -0.1) is 0 Å². The monoisotopic (exact) mass is 232 g/mol. The summed E-state index contributed by atoms with van der Waals surface area (Å²) in [5.74, 6) is 0.235. The van der Waals surface area contributed by atoms with Crippen LogP contribution in [0.3, 0.4) is 0 Å². The van der Waals surface area contributed by atoms with Crippen molar-refractivity contribution in [3.63, 3.8) is 0 Å². The van der Waals surface area contributed by atoms with Crippen LogP contribution in [0.5, 0.6) is 0 Å². The molecule has 0 fully saturated rings. The van der Waals surface area contributed by atoms with Crippen molar-refractivity contribution in [1.29, 1.82) is 0 Å². The molecule has 2 rings (SSSR count). The number of nitrogens with zero attached hydrogens (tertiary/aromatic N) is 1. The molecule has 0 aliphatic carbocycles. The Kier molecular flexibility index (Phi) is 4.02. The first-order chi connectivity index (χ1) is 8.33. The van der Waals surface area contributed by atoms with E-state index in [2.05, 4.69) is 12.2 Å². The van der Waals surface area contributed by atoms with Crippen LogP contribution < -0.4 is 10.2 Å². The van der Waals surface area contributed by atoms with E-state index < -0.39 is 0 Å². The van der Waals surface area contributed by atoms with E-state index in [1.54, 1.807) is 0 Å². The Morgan fingerprint density at radius 2 is 2.12 bits per heavy atom. The summed E-state index contributed by atoms with van der Waals surface area (Å²) in [6.07, 6.45) is 4.03. The van der Waals surface area contributed by atoms with Crippen LogP contribution in [0.25, 0.3) is 0 Å². The number of carbonyl (C=O) groups excluding carboxylic acids is 1. The number of hydrogen-bond acceptors (Lipinski definition) is 2. The van der Waals surface area contributed by atoms with Crippen LogP contribution in [-0.4, -0.2) is 19.0 Å². The van der Waals surface area contributed by atoms with Crippen LogP contribution in [0.1, 0.15) is 32.6 Å². The minimum Gasteiger partial charge on any atom is -0.383 e. The molecule has 17 heavy (non-hydrogen) atoms. The fourth-order valence-corrected chi connectivity index (χ4v) is 2.20. The summed E-state index contributed by atoms with van der Waals surface area (Å²) in [6, 6.07) is 8.07. The SMILES string of the molecule is CCCCCN1C(=O)CCNc2ccccc21. The van der Waals surface area contributed by atoms with Gasteiger partial charge in [-0.1, -0.05) is 31.9 Å². The third-order valence-corrected chi connectivity index (χ3v) is 3.14. The Morgan fingerprint density at radius 3 is 2.94 bits per heavy atom. The highest BCUT2D eigenvalue weighted by Crippen LogP contribution is 2.28. The third-order valence-electron chi connectivity index (χ3n) is 3.14. The Bertz CT molecular complexity index is 390. The quantitative estimate of drug-likeness (QED) is 0.809. The van der Waals surface area contributed by atoms with Crippen molar-refractivity contribution in [1.82, 2.24) is 0 Å². The summed E-state index contributed by atoms with van der Waals surface area (Å²) in [5.41, 5.74) is 2.11. The van der Waals surface area contributed by atoms with Gasteiger partial charge in [-0.3, -0.25) is 4.79 Å². The minimum absolute atomic E-state index is 0.235. The lowest BCUT2D eigenvalue weighted by Crippen LogP contribution is -2.31. The van der Waals surface area contributed by atoms with E-state index in [4.69, 9.17) is 0 Å². The molecule has 0 radical (unpaired) electrons. The standard InChI is InChI=1S/C14H20N2O/c1-2-3-6-11-16-13-8-5-4-7-12(13)15-10-9-14(16)17/h4-5,7-8,15H,2-3,6,9-11H2,1H3. The van der Waals surface area contributed by atoms with Gasteiger partial charge in [0.05, 0.1) is 11.4 Å². The second-order valence-corrected chi connectivity index (χ2v) is 4.45. The van der Waals surface area contributed by atoms with E-state index in [0.717, 1.165) is 30.9 Å². The molecular formula is C14H20N2O. The number of fused-ring (bicyclic) bond motifs is 1. The molecule has 3 nitrogen and oxygen atoms in total. The van der Waals surface area contributed by atoms with Gasteiger partial charge < -0.3 is 10.2 Å². The van der Waals surface area contributed by atoms with E-state index in [0.29, 0.717) is 6.42 Å². The van der Waals surface area contributed by atoms with Crippen LogP contribution in [-0.2, 0) is 4.79 Å². The van der Waals surface area contributed by atoms with Gasteiger partial charge in [0.15, 0.2) is 0 Å². The lowest BCUT2D eigenvalue weighted by molar-refractivity contribution is -0.118. The predicted octanol–water partition coefficient (Wildman–Crippen LogP) is 3.03. The Hall–Kier alpha value is -1.51. The fourth-order valence-electron chi connectivity index (χ4n) is 2.20. The molecule has 0 bridgehead atoms. The van der Waals surface area contributed by atoms with Crippen LogP contribution >= 0.6 is 0 Å². The van der Waals surface area contributed by atoms with Crippen molar-refractivity contribution in [3.8, 4) is 0 Å². The lowest BCUT2D eigenvalue weighted by Gasteiger charge is -2.22. The molecule has 1 N–H and O–H groups in total. The second-order valence-electron chi connectivity index (χ2n) is 4.45. The molecular weight excluding hydrogens is 212 g/mol. The highest BCUT2D eigenvalue weighted by molar-refractivity contribution is 5.98. The zero-order valence-electron chi connectivity index (χ0n) is 10.4. The van der Waals surface area contributed by atoms with Crippen LogP contribution in [0.2, 0.25) is 0 Å². The fraction of sp³-hybridized carbons (Fsp3) is 0.500. The smallest absolute Gasteiger partial charge is 0.228 e. The average molecular weight is 232 g/mol. The number of para-hydroxylation sites is 2. The van der Waals surface area contributed by atoms with Crippen LogP contribution in [0.15, 0.2) is 24.3 Å². The summed E-state index contributed by atoms with van der Waals surface area (Å²) in [4.78, 5) is 14.0. The molecule has 3 heteroatoms. The summed E-state index contributed by atoms with van der Waals surface area (Å²) in [6.45, 7) is 3.76. The van der Waals surface area contributed by atoms with E-state index in [9.17, 15) is 4.79 Å². The van der Waals surface area contributed by atoms with E-state index >= 15 is 0 Å². The maximum absolute atomic E-state index is 12.1. The zero-order valence-corrected chi connectivity index (χ0v) is 10.4. The zero-order chi connectivity index (χ0) is 12.1. The van der Waals surface area contributed by atoms with Crippen molar-refractivity contribution < 1.29 is 4.79 Å². The third kappa shape index (κ3) is 2.78. The molecule has 1 aromatic carbocycles. The number of rotatable bonds is 4. The first-order valence-corrected chi connectivity index (χ1v) is 6.46. The first kappa shape index (κ1) is 12.0. The molecule has 0 aromatic heterocycles. The summed E-state index contributed by atoms with van der Waals surface area (Å²) >= 11 is 0. The van der Waals surface area contributed by atoms with Crippen LogP contribution in [0.4, 0.5) is 11.4 Å². The van der Waals surface area contributed by atoms with Crippen molar-refractivity contribution >= 4 is 17.3 Å². The van der Waals surface area contributed by atoms with Crippen LogP contribution in [0, 0.1) is 0 Å². The maximum atomic E-state index is 12.1. The Morgan fingerprint density at radius 1 is 1.29 bits per heavy atom. The topological polar surface area (TPSA) is 32.3 Å². The summed E-state index contributed by atoms with van der Waals surface area (Å²) in [5, 5.41) is 3.31. The van der Waals surface area contributed by atoms with E-state index in [1.165, 1.54) is 12.8 Å². The van der Waals surface area contributed by atoms with Crippen molar-refractivity contribution in [2.45, 2.75) is 32.6 Å². The molecule has 1 aliphatic heterocycles. The van der Waals surface area contributed by atoms with Gasteiger partial charge in [0.25, 0.3) is 0 Å². The molecule has 1 aliphatic rings. The molecule has 1 amide bonds. The molecule has 0 spiro atoms. The molecule has 92 valence electrons. The highest BCUT2D eigenvalue weighted by atomic mass is 16.2. The molecule has 0 atom stereocenters. The van der Waals surface area contributed by atoms with Gasteiger partial charge >= 0.3 is 0 Å². The number of benzene rings is 1. The van der Waals surface area contributed by atoms with E-state index in [1.807, 2.05) is 29.2 Å². The number of anilines is 2. The van der Waals surface area contributed by atoms with Gasteiger partial charge in [-0.25, -0.2) is 0 Å².